The summed E-state index contributed by atoms with van der Waals surface area (Å²) in [6, 6.07) is 6.86. The van der Waals surface area contributed by atoms with Gasteiger partial charge in [0.25, 0.3) is 10.1 Å². The molecule has 2 aromatic rings. The minimum atomic E-state index is -3.99. The summed E-state index contributed by atoms with van der Waals surface area (Å²) in [4.78, 5) is 29.1. The lowest BCUT2D eigenvalue weighted by atomic mass is 10.0. The second kappa shape index (κ2) is 12.8. The van der Waals surface area contributed by atoms with Gasteiger partial charge in [0, 0.05) is 18.5 Å². The van der Waals surface area contributed by atoms with E-state index in [9.17, 15) is 31.5 Å². The molecule has 0 fully saturated rings. The lowest BCUT2D eigenvalue weighted by Crippen LogP contribution is -2.38. The molecule has 0 bridgehead atoms. The first kappa shape index (κ1) is 31.4. The first-order valence-electron chi connectivity index (χ1n) is 11.2. The number of aromatic nitrogens is 1. The molecule has 2 atom stereocenters. The van der Waals surface area contributed by atoms with Crippen LogP contribution in [0, 0.1) is 25.2 Å². The van der Waals surface area contributed by atoms with Crippen LogP contribution >= 0.6 is 0 Å². The van der Waals surface area contributed by atoms with Crippen LogP contribution in [-0.2, 0) is 34.4 Å². The number of sulfone groups is 1. The van der Waals surface area contributed by atoms with Gasteiger partial charge in [-0.3, -0.25) is 19.6 Å². The Morgan fingerprint density at radius 1 is 1.21 bits per heavy atom. The molecule has 17 heteroatoms. The molecule has 0 unspecified atom stereocenters. The van der Waals surface area contributed by atoms with Gasteiger partial charge in [-0.15, -0.1) is 0 Å². The fraction of sp³-hybridized carbons (Fsp3) is 0.409. The fourth-order valence-electron chi connectivity index (χ4n) is 3.55. The van der Waals surface area contributed by atoms with Gasteiger partial charge in [-0.1, -0.05) is 34.6 Å². The first-order chi connectivity index (χ1) is 18.0. The van der Waals surface area contributed by atoms with Gasteiger partial charge < -0.3 is 25.5 Å². The highest BCUT2D eigenvalue weighted by atomic mass is 32.2. The van der Waals surface area contributed by atoms with E-state index < -0.39 is 49.6 Å². The van der Waals surface area contributed by atoms with E-state index in [0.717, 1.165) is 5.56 Å². The number of nitrogens with one attached hydrogen (secondary N) is 2. The number of aliphatic carboxylic acids is 1. The molecule has 3 rings (SSSR count). The molecule has 39 heavy (non-hydrogen) atoms. The number of nitrogens with zero attached hydrogens (tertiary/aromatic N) is 2. The molecule has 0 saturated carbocycles. The molecule has 1 aromatic carbocycles. The summed E-state index contributed by atoms with van der Waals surface area (Å²) >= 11 is 0. The molecule has 1 aliphatic heterocycles. The zero-order valence-corrected chi connectivity index (χ0v) is 22.9. The number of carbonyl (C=O) groups is 2. The van der Waals surface area contributed by atoms with E-state index >= 15 is 0 Å². The number of amidine groups is 1. The van der Waals surface area contributed by atoms with E-state index in [1.165, 1.54) is 13.8 Å². The molecule has 1 aromatic heterocycles. The van der Waals surface area contributed by atoms with Crippen molar-refractivity contribution in [3.05, 3.63) is 46.8 Å². The third-order valence-electron chi connectivity index (χ3n) is 5.27. The van der Waals surface area contributed by atoms with E-state index in [-0.39, 0.29) is 35.2 Å². The highest BCUT2D eigenvalue weighted by Gasteiger charge is 2.32. The number of carbonyl (C=O) groups excluding carboxylic acids is 1. The Morgan fingerprint density at radius 2 is 1.79 bits per heavy atom. The van der Waals surface area contributed by atoms with Gasteiger partial charge in [0.05, 0.1) is 35.8 Å². The Morgan fingerprint density at radius 3 is 2.28 bits per heavy atom. The minimum absolute atomic E-state index is 0.0510. The van der Waals surface area contributed by atoms with E-state index in [1.54, 1.807) is 24.3 Å². The predicted octanol–water partition coefficient (Wildman–Crippen LogP) is 0.254. The van der Waals surface area contributed by atoms with Crippen molar-refractivity contribution in [1.82, 2.24) is 10.5 Å². The molecule has 0 spiro atoms. The topological polar surface area (TPSA) is 252 Å². The number of hydrogen-bond donors (Lipinski definition) is 5. The van der Waals surface area contributed by atoms with Crippen LogP contribution in [-0.4, -0.2) is 79.7 Å². The molecular formula is C22H29N5O10S2. The summed E-state index contributed by atoms with van der Waals surface area (Å²) in [6.07, 6.45) is 0.446. The summed E-state index contributed by atoms with van der Waals surface area (Å²) in [5, 5.41) is 27.0. The Balaban J connectivity index is 0.000000976. The summed E-state index contributed by atoms with van der Waals surface area (Å²) in [7, 11) is -7.66. The van der Waals surface area contributed by atoms with Crippen molar-refractivity contribution in [2.24, 2.45) is 16.8 Å². The Hall–Kier alpha value is -3.83. The van der Waals surface area contributed by atoms with Crippen molar-refractivity contribution in [2.75, 3.05) is 18.6 Å². The number of aryl methyl sites for hydroxylation is 2. The van der Waals surface area contributed by atoms with E-state index in [4.69, 9.17) is 25.1 Å². The van der Waals surface area contributed by atoms with Crippen LogP contribution in [0.2, 0.25) is 0 Å². The zero-order valence-electron chi connectivity index (χ0n) is 21.2. The molecule has 0 aliphatic carbocycles. The van der Waals surface area contributed by atoms with Gasteiger partial charge in [-0.2, -0.15) is 8.42 Å². The standard InChI is InChI=1S/C21H25N5O7S.CH4O3S/c1-11-19(12(2)32-25-11)34(30,31)10-15(21(28)29)9-24-18(27)8-16-7-17(26-33-16)13-3-5-14(6-4-13)20(22)23;1-5(2,3)4/h3-6,15-16H,7-10H2,1-2H3,(H3,22,23)(H,24,27)(H,28,29);1H3,(H,2,3,4)/t15-,16-;/m1./s1. The van der Waals surface area contributed by atoms with Crippen molar-refractivity contribution in [3.63, 3.8) is 0 Å². The van der Waals surface area contributed by atoms with Gasteiger partial charge >= 0.3 is 5.97 Å². The van der Waals surface area contributed by atoms with E-state index in [2.05, 4.69) is 15.6 Å². The molecule has 0 saturated heterocycles. The predicted molar refractivity (Wildman–Crippen MR) is 138 cm³/mol. The number of oxime groups is 1. The number of rotatable bonds is 10. The summed E-state index contributed by atoms with van der Waals surface area (Å²) < 4.78 is 56.1. The van der Waals surface area contributed by atoms with Crippen LogP contribution in [0.5, 0.6) is 0 Å². The zero-order chi connectivity index (χ0) is 29.5. The van der Waals surface area contributed by atoms with Gasteiger partial charge in [0.1, 0.15) is 16.8 Å². The lowest BCUT2D eigenvalue weighted by molar-refractivity contribution is -0.141. The number of carboxylic acid groups (broad SMARTS) is 1. The van der Waals surface area contributed by atoms with E-state index in [1.807, 2.05) is 0 Å². The Kier molecular flexibility index (Phi) is 10.3. The van der Waals surface area contributed by atoms with Crippen molar-refractivity contribution < 1.29 is 45.4 Å². The van der Waals surface area contributed by atoms with Crippen LogP contribution in [0.1, 0.15) is 35.4 Å². The van der Waals surface area contributed by atoms with E-state index in [0.29, 0.717) is 24.0 Å². The monoisotopic (exact) mass is 587 g/mol. The average Bonchev–Trinajstić information content (AvgIpc) is 3.41. The second-order valence-electron chi connectivity index (χ2n) is 8.67. The van der Waals surface area contributed by atoms with Gasteiger partial charge in [-0.25, -0.2) is 8.42 Å². The second-order valence-corrected chi connectivity index (χ2v) is 12.1. The quantitative estimate of drug-likeness (QED) is 0.142. The van der Waals surface area contributed by atoms with Crippen LogP contribution in [0.3, 0.4) is 0 Å². The number of benzene rings is 1. The fourth-order valence-corrected chi connectivity index (χ4v) is 5.47. The molecule has 6 N–H and O–H groups in total. The normalized spacial score (nSPS) is 15.8. The molecule has 1 aliphatic rings. The summed E-state index contributed by atoms with van der Waals surface area (Å²) in [5.74, 6) is -3.89. The number of amides is 1. The van der Waals surface area contributed by atoms with Crippen molar-refractivity contribution in [1.29, 1.82) is 5.41 Å². The van der Waals surface area contributed by atoms with Crippen molar-refractivity contribution >= 4 is 43.4 Å². The summed E-state index contributed by atoms with van der Waals surface area (Å²) in [6.45, 7) is 2.51. The molecule has 214 valence electrons. The number of hydrogen-bond acceptors (Lipinski definition) is 11. The lowest BCUT2D eigenvalue weighted by Gasteiger charge is -2.15. The molecular weight excluding hydrogens is 558 g/mol. The Bertz CT molecular complexity index is 1440. The maximum Gasteiger partial charge on any atom is 0.309 e. The van der Waals surface area contributed by atoms with Crippen LogP contribution in [0.25, 0.3) is 0 Å². The van der Waals surface area contributed by atoms with Crippen molar-refractivity contribution in [3.8, 4) is 0 Å². The minimum Gasteiger partial charge on any atom is -0.481 e. The highest BCUT2D eigenvalue weighted by molar-refractivity contribution is 7.91. The molecule has 2 heterocycles. The summed E-state index contributed by atoms with van der Waals surface area (Å²) in [5.41, 5.74) is 7.56. The Labute approximate surface area is 224 Å². The number of carboxylic acids is 1. The van der Waals surface area contributed by atoms with Crippen molar-refractivity contribution in [2.45, 2.75) is 37.7 Å². The third kappa shape index (κ3) is 9.77. The van der Waals surface area contributed by atoms with Crippen LogP contribution < -0.4 is 11.1 Å². The largest absolute Gasteiger partial charge is 0.481 e. The SMILES string of the molecule is CS(=O)(=O)O.Cc1noc(C)c1S(=O)(=O)C[C@@H](CNC(=O)C[C@H]1CC(c2ccc(C(=N)N)cc2)=NO1)C(=O)O. The van der Waals surface area contributed by atoms with Crippen LogP contribution in [0.15, 0.2) is 38.8 Å². The molecule has 15 nitrogen and oxygen atoms in total. The smallest absolute Gasteiger partial charge is 0.309 e. The number of nitrogen functional groups attached to an aromatic ring is 1. The molecule has 1 amide bonds. The maximum atomic E-state index is 12.7. The number of nitrogens with two attached hydrogens (primary N) is 1. The van der Waals surface area contributed by atoms with Crippen LogP contribution in [0.4, 0.5) is 0 Å². The molecule has 0 radical (unpaired) electrons. The van der Waals surface area contributed by atoms with Gasteiger partial charge in [0.2, 0.25) is 5.91 Å². The van der Waals surface area contributed by atoms with Gasteiger partial charge in [-0.05, 0) is 19.4 Å². The maximum absolute atomic E-state index is 12.7. The average molecular weight is 588 g/mol. The third-order valence-corrected chi connectivity index (χ3v) is 7.32. The van der Waals surface area contributed by atoms with Gasteiger partial charge in [0.15, 0.2) is 15.6 Å². The highest BCUT2D eigenvalue weighted by Crippen LogP contribution is 2.23. The first-order valence-corrected chi connectivity index (χ1v) is 14.7.